The highest BCUT2D eigenvalue weighted by Crippen LogP contribution is 2.37. The van der Waals surface area contributed by atoms with Gasteiger partial charge in [-0.1, -0.05) is 30.3 Å². The van der Waals surface area contributed by atoms with E-state index >= 15 is 0 Å². The van der Waals surface area contributed by atoms with Crippen molar-refractivity contribution in [3.63, 3.8) is 0 Å². The molecule has 0 atom stereocenters. The van der Waals surface area contributed by atoms with Crippen LogP contribution in [0.4, 0.5) is 35.3 Å². The number of hydrogen-bond acceptors (Lipinski definition) is 8. The summed E-state index contributed by atoms with van der Waals surface area (Å²) in [6, 6.07) is 17.0. The molecule has 3 aromatic carbocycles. The lowest BCUT2D eigenvalue weighted by molar-refractivity contribution is -0.137. The van der Waals surface area contributed by atoms with Gasteiger partial charge in [-0.15, -0.1) is 0 Å². The second-order valence-corrected chi connectivity index (χ2v) is 10.4. The maximum Gasteiger partial charge on any atom is 0.416 e. The smallest absolute Gasteiger partial charge is 0.416 e. The minimum atomic E-state index is -4.54. The second-order valence-electron chi connectivity index (χ2n) is 10.4. The van der Waals surface area contributed by atoms with Crippen molar-refractivity contribution < 1.29 is 22.7 Å². The molecule has 45 heavy (non-hydrogen) atoms. The zero-order chi connectivity index (χ0) is 31.4. The number of pyridine rings is 1. The minimum Gasteiger partial charge on any atom is -0.438 e. The van der Waals surface area contributed by atoms with Crippen LogP contribution in [0, 0.1) is 0 Å². The molecule has 230 valence electrons. The molecule has 1 aliphatic rings. The molecule has 1 fully saturated rings. The summed E-state index contributed by atoms with van der Waals surface area (Å²) in [7, 11) is 1.70. The number of aromatic nitrogens is 4. The van der Waals surface area contributed by atoms with Crippen LogP contribution in [0.3, 0.4) is 0 Å². The number of nitrogens with zero attached hydrogens (tertiary/aromatic N) is 5. The number of nitrogens with one attached hydrogen (secondary N) is 3. The summed E-state index contributed by atoms with van der Waals surface area (Å²) in [5.41, 5.74) is 0.887. The Morgan fingerprint density at radius 1 is 0.911 bits per heavy atom. The summed E-state index contributed by atoms with van der Waals surface area (Å²) in [4.78, 5) is 32.5. The molecule has 0 bridgehead atoms. The van der Waals surface area contributed by atoms with Gasteiger partial charge < -0.3 is 20.7 Å². The summed E-state index contributed by atoms with van der Waals surface area (Å²) >= 11 is 0. The van der Waals surface area contributed by atoms with E-state index in [-0.39, 0.29) is 11.6 Å². The van der Waals surface area contributed by atoms with E-state index in [1.165, 1.54) is 12.4 Å². The van der Waals surface area contributed by atoms with Gasteiger partial charge in [0.2, 0.25) is 11.8 Å². The van der Waals surface area contributed by atoms with E-state index in [1.807, 2.05) is 24.3 Å². The average molecular weight is 615 g/mol. The first-order chi connectivity index (χ1) is 21.8. The number of alkyl halides is 3. The van der Waals surface area contributed by atoms with Crippen molar-refractivity contribution in [1.82, 2.24) is 24.8 Å². The number of hydrogen-bond donors (Lipinski definition) is 3. The number of fused-ring (bicyclic) bond motifs is 1. The Hall–Kier alpha value is -5.30. The van der Waals surface area contributed by atoms with Gasteiger partial charge in [0, 0.05) is 36.2 Å². The Kier molecular flexibility index (Phi) is 8.43. The third kappa shape index (κ3) is 6.78. The molecule has 0 saturated carbocycles. The van der Waals surface area contributed by atoms with E-state index in [0.29, 0.717) is 51.7 Å². The summed E-state index contributed by atoms with van der Waals surface area (Å²) in [5, 5.41) is 9.67. The van der Waals surface area contributed by atoms with Gasteiger partial charge in [-0.25, -0.2) is 19.7 Å². The number of halogens is 3. The normalized spacial score (nSPS) is 13.5. The summed E-state index contributed by atoms with van der Waals surface area (Å²) in [6.07, 6.45) is 0.505. The first kappa shape index (κ1) is 29.8. The molecule has 1 aliphatic heterocycles. The van der Waals surface area contributed by atoms with E-state index in [0.717, 1.165) is 38.1 Å². The zero-order valence-corrected chi connectivity index (χ0v) is 24.2. The van der Waals surface area contributed by atoms with Crippen molar-refractivity contribution >= 4 is 34.1 Å². The van der Waals surface area contributed by atoms with Gasteiger partial charge in [0.05, 0.1) is 16.8 Å². The van der Waals surface area contributed by atoms with Crippen LogP contribution in [0.5, 0.6) is 11.6 Å². The minimum absolute atomic E-state index is 0.112. The lowest BCUT2D eigenvalue weighted by Gasteiger charge is -2.20. The van der Waals surface area contributed by atoms with Crippen LogP contribution in [0.2, 0.25) is 0 Å². The number of carbonyl (C=O) groups is 1. The fourth-order valence-electron chi connectivity index (χ4n) is 5.23. The van der Waals surface area contributed by atoms with E-state index in [9.17, 15) is 18.0 Å². The third-order valence-electron chi connectivity index (χ3n) is 7.42. The highest BCUT2D eigenvalue weighted by atomic mass is 19.4. The average Bonchev–Trinajstić information content (AvgIpc) is 3.56. The van der Waals surface area contributed by atoms with E-state index in [1.54, 1.807) is 37.5 Å². The number of likely N-dealkylation sites (tertiary alicyclic amines) is 1. The van der Waals surface area contributed by atoms with Crippen LogP contribution >= 0.6 is 0 Å². The van der Waals surface area contributed by atoms with Crippen molar-refractivity contribution in [1.29, 1.82) is 0 Å². The zero-order valence-electron chi connectivity index (χ0n) is 24.2. The first-order valence-corrected chi connectivity index (χ1v) is 14.3. The first-order valence-electron chi connectivity index (χ1n) is 14.3. The predicted octanol–water partition coefficient (Wildman–Crippen LogP) is 7.18. The fraction of sp³-hybridized carbons (Fsp3) is 0.219. The van der Waals surface area contributed by atoms with E-state index in [2.05, 4.69) is 40.8 Å². The summed E-state index contributed by atoms with van der Waals surface area (Å²) in [6.45, 7) is 2.16. The maximum absolute atomic E-state index is 13.5. The molecular weight excluding hydrogens is 585 g/mol. The highest BCUT2D eigenvalue weighted by Gasteiger charge is 2.31. The number of benzene rings is 3. The van der Waals surface area contributed by atoms with Crippen molar-refractivity contribution in [3.05, 3.63) is 90.4 Å². The molecule has 13 heteroatoms. The van der Waals surface area contributed by atoms with Crippen LogP contribution in [0.25, 0.3) is 22.2 Å². The largest absolute Gasteiger partial charge is 0.438 e. The van der Waals surface area contributed by atoms with Crippen LogP contribution < -0.4 is 20.7 Å². The van der Waals surface area contributed by atoms with Gasteiger partial charge >= 0.3 is 12.2 Å². The lowest BCUT2D eigenvalue weighted by Crippen LogP contribution is -2.23. The van der Waals surface area contributed by atoms with Crippen molar-refractivity contribution in [3.8, 4) is 23.0 Å². The van der Waals surface area contributed by atoms with Crippen molar-refractivity contribution in [2.24, 2.45) is 0 Å². The van der Waals surface area contributed by atoms with Crippen LogP contribution in [-0.4, -0.2) is 51.0 Å². The van der Waals surface area contributed by atoms with Gasteiger partial charge in [0.15, 0.2) is 5.82 Å². The number of urea groups is 1. The monoisotopic (exact) mass is 614 g/mol. The molecule has 6 rings (SSSR count). The van der Waals surface area contributed by atoms with Crippen molar-refractivity contribution in [2.45, 2.75) is 25.6 Å². The molecule has 2 amide bonds. The molecular formula is C32H29F3N8O2. The molecule has 0 aliphatic carbocycles. The Bertz CT molecular complexity index is 1840. The Morgan fingerprint density at radius 3 is 2.47 bits per heavy atom. The maximum atomic E-state index is 13.5. The highest BCUT2D eigenvalue weighted by molar-refractivity contribution is 6.07. The molecule has 0 unspecified atom stereocenters. The van der Waals surface area contributed by atoms with Gasteiger partial charge in [0.25, 0.3) is 0 Å². The number of ether oxygens (including phenoxy) is 1. The quantitative estimate of drug-likeness (QED) is 0.168. The summed E-state index contributed by atoms with van der Waals surface area (Å²) in [5.74, 6) is 1.49. The molecule has 5 aromatic rings. The lowest BCUT2D eigenvalue weighted by atomic mass is 10.1. The standard InChI is InChI=1S/C32H29F3N8O2/c1-36-30-39-19-38-28(42-30)24-9-6-14-37-29(24)45-27-13-12-25(22-7-2-3-8-23(22)27)40-31(44)41-26-17-21(32(33,34)35)11-10-20(26)18-43-15-4-5-16-43/h2-3,6-14,17,19H,4-5,15-16,18H2,1H3,(H2,40,41,44)(H,36,38,39,42). The van der Waals surface area contributed by atoms with Crippen LogP contribution in [0.1, 0.15) is 24.0 Å². The summed E-state index contributed by atoms with van der Waals surface area (Å²) < 4.78 is 46.9. The van der Waals surface area contributed by atoms with E-state index in [4.69, 9.17) is 4.74 Å². The third-order valence-corrected chi connectivity index (χ3v) is 7.42. The molecule has 1 saturated heterocycles. The van der Waals surface area contributed by atoms with Crippen LogP contribution in [-0.2, 0) is 12.7 Å². The molecule has 2 aromatic heterocycles. The number of rotatable bonds is 8. The Morgan fingerprint density at radius 2 is 1.69 bits per heavy atom. The topological polar surface area (TPSA) is 117 Å². The number of amides is 2. The van der Waals surface area contributed by atoms with Gasteiger partial charge in [-0.05, 0) is 67.9 Å². The number of anilines is 3. The molecule has 10 nitrogen and oxygen atoms in total. The molecule has 0 spiro atoms. The van der Waals surface area contributed by atoms with Gasteiger partial charge in [0.1, 0.15) is 12.1 Å². The second kappa shape index (κ2) is 12.7. The molecule has 3 N–H and O–H groups in total. The Balaban J connectivity index is 1.27. The van der Waals surface area contributed by atoms with Gasteiger partial charge in [-0.2, -0.15) is 18.2 Å². The van der Waals surface area contributed by atoms with E-state index < -0.39 is 17.8 Å². The van der Waals surface area contributed by atoms with Crippen LogP contribution in [0.15, 0.2) is 79.3 Å². The SMILES string of the molecule is CNc1ncnc(-c2cccnc2Oc2ccc(NC(=O)Nc3cc(C(F)(F)F)ccc3CN3CCCC3)c3ccccc23)n1. The number of carbonyl (C=O) groups excluding carboxylic acids is 1. The Labute approximate surface area is 256 Å². The molecule has 0 radical (unpaired) electrons. The van der Waals surface area contributed by atoms with Gasteiger partial charge in [-0.3, -0.25) is 4.90 Å². The molecule has 3 heterocycles. The predicted molar refractivity (Wildman–Crippen MR) is 165 cm³/mol. The van der Waals surface area contributed by atoms with Crippen molar-refractivity contribution in [2.75, 3.05) is 36.1 Å². The fourth-order valence-corrected chi connectivity index (χ4v) is 5.23.